The molecule has 102 valence electrons. The van der Waals surface area contributed by atoms with E-state index in [1.54, 1.807) is 13.3 Å². The van der Waals surface area contributed by atoms with Crippen LogP contribution in [0.5, 0.6) is 5.75 Å². The predicted molar refractivity (Wildman–Crippen MR) is 82.5 cm³/mol. The first-order chi connectivity index (χ1) is 9.08. The van der Waals surface area contributed by atoms with Gasteiger partial charge in [0.1, 0.15) is 5.69 Å². The minimum Gasteiger partial charge on any atom is -0.493 e. The lowest BCUT2D eigenvalue weighted by molar-refractivity contribution is 0.402. The Morgan fingerprint density at radius 3 is 2.74 bits per heavy atom. The first-order valence-corrected chi connectivity index (χ1v) is 7.35. The molecule has 1 unspecified atom stereocenters. The van der Waals surface area contributed by atoms with Crippen LogP contribution >= 0.6 is 31.9 Å². The van der Waals surface area contributed by atoms with Gasteiger partial charge in [-0.2, -0.15) is 5.10 Å². The fourth-order valence-corrected chi connectivity index (χ4v) is 2.94. The van der Waals surface area contributed by atoms with Crippen LogP contribution in [0.1, 0.15) is 17.3 Å². The van der Waals surface area contributed by atoms with Crippen LogP contribution in [-0.4, -0.2) is 23.9 Å². The molecule has 0 aliphatic heterocycles. The van der Waals surface area contributed by atoms with Crippen LogP contribution in [0.2, 0.25) is 0 Å². The highest BCUT2D eigenvalue weighted by Crippen LogP contribution is 2.34. The summed E-state index contributed by atoms with van der Waals surface area (Å²) in [5.74, 6) is 0.772. The van der Waals surface area contributed by atoms with Crippen LogP contribution in [0.4, 0.5) is 0 Å². The van der Waals surface area contributed by atoms with Crippen LogP contribution in [0.15, 0.2) is 33.3 Å². The standard InChI is InChI=1S/C13H15Br2N3O/c1-16-12(9-6-8(14)4-5-10(9)15)13-11(19-3)7-17-18(13)2/h4-7,12,16H,1-3H3. The Labute approximate surface area is 129 Å². The second kappa shape index (κ2) is 6.07. The molecule has 0 saturated carbocycles. The Kier molecular flexibility index (Phi) is 4.65. The zero-order valence-corrected chi connectivity index (χ0v) is 14.1. The summed E-state index contributed by atoms with van der Waals surface area (Å²) in [6.07, 6.45) is 1.73. The average molecular weight is 389 g/mol. The molecule has 4 nitrogen and oxygen atoms in total. The van der Waals surface area contributed by atoms with Crippen molar-refractivity contribution < 1.29 is 4.74 Å². The molecule has 1 aromatic heterocycles. The number of ether oxygens (including phenoxy) is 1. The van der Waals surface area contributed by atoms with E-state index in [-0.39, 0.29) is 6.04 Å². The smallest absolute Gasteiger partial charge is 0.161 e. The minimum atomic E-state index is -0.00525. The molecule has 0 aliphatic carbocycles. The summed E-state index contributed by atoms with van der Waals surface area (Å²) in [5.41, 5.74) is 2.11. The van der Waals surface area contributed by atoms with E-state index < -0.39 is 0 Å². The van der Waals surface area contributed by atoms with E-state index in [1.165, 1.54) is 0 Å². The molecule has 0 saturated heterocycles. The lowest BCUT2D eigenvalue weighted by Gasteiger charge is -2.20. The predicted octanol–water partition coefficient (Wildman–Crippen LogP) is 3.26. The van der Waals surface area contributed by atoms with Crippen molar-refractivity contribution in [3.63, 3.8) is 0 Å². The minimum absolute atomic E-state index is 0.00525. The molecular weight excluding hydrogens is 374 g/mol. The summed E-state index contributed by atoms with van der Waals surface area (Å²) >= 11 is 7.11. The topological polar surface area (TPSA) is 39.1 Å². The van der Waals surface area contributed by atoms with Crippen molar-refractivity contribution in [3.8, 4) is 5.75 Å². The molecule has 1 heterocycles. The molecule has 0 bridgehead atoms. The lowest BCUT2D eigenvalue weighted by Crippen LogP contribution is -2.21. The van der Waals surface area contributed by atoms with E-state index in [1.807, 2.05) is 30.9 Å². The molecule has 1 atom stereocenters. The molecule has 19 heavy (non-hydrogen) atoms. The van der Waals surface area contributed by atoms with E-state index in [9.17, 15) is 0 Å². The molecular formula is C13H15Br2N3O. The molecule has 0 amide bonds. The third-order valence-corrected chi connectivity index (χ3v) is 4.22. The number of aryl methyl sites for hydroxylation is 1. The maximum Gasteiger partial charge on any atom is 0.161 e. The normalized spacial score (nSPS) is 12.5. The van der Waals surface area contributed by atoms with Crippen molar-refractivity contribution in [2.75, 3.05) is 14.2 Å². The highest BCUT2D eigenvalue weighted by molar-refractivity contribution is 9.11. The molecule has 1 N–H and O–H groups in total. The van der Waals surface area contributed by atoms with Gasteiger partial charge in [0.05, 0.1) is 19.3 Å². The van der Waals surface area contributed by atoms with Gasteiger partial charge in [-0.05, 0) is 30.8 Å². The first-order valence-electron chi connectivity index (χ1n) is 5.76. The van der Waals surface area contributed by atoms with Crippen molar-refractivity contribution >= 4 is 31.9 Å². The van der Waals surface area contributed by atoms with E-state index >= 15 is 0 Å². The number of halogens is 2. The summed E-state index contributed by atoms with van der Waals surface area (Å²) in [6.45, 7) is 0. The Bertz CT molecular complexity index is 583. The third-order valence-electron chi connectivity index (χ3n) is 3.00. The van der Waals surface area contributed by atoms with Gasteiger partial charge < -0.3 is 10.1 Å². The largest absolute Gasteiger partial charge is 0.493 e. The molecule has 1 aromatic carbocycles. The first kappa shape index (κ1) is 14.6. The SMILES string of the molecule is CNC(c1cc(Br)ccc1Br)c1c(OC)cnn1C. The van der Waals surface area contributed by atoms with Crippen LogP contribution < -0.4 is 10.1 Å². The molecule has 2 rings (SSSR count). The van der Waals surface area contributed by atoms with Gasteiger partial charge in [0, 0.05) is 16.0 Å². The van der Waals surface area contributed by atoms with Gasteiger partial charge in [-0.15, -0.1) is 0 Å². The number of nitrogens with zero attached hydrogens (tertiary/aromatic N) is 2. The number of benzene rings is 1. The fourth-order valence-electron chi connectivity index (χ4n) is 2.09. The summed E-state index contributed by atoms with van der Waals surface area (Å²) in [5, 5.41) is 7.57. The lowest BCUT2D eigenvalue weighted by atomic mass is 10.0. The van der Waals surface area contributed by atoms with E-state index in [2.05, 4.69) is 48.3 Å². The van der Waals surface area contributed by atoms with E-state index in [4.69, 9.17) is 4.74 Å². The number of rotatable bonds is 4. The molecule has 6 heteroatoms. The Morgan fingerprint density at radius 2 is 2.11 bits per heavy atom. The Hall–Kier alpha value is -0.850. The number of hydrogen-bond donors (Lipinski definition) is 1. The maximum atomic E-state index is 5.39. The third kappa shape index (κ3) is 2.85. The van der Waals surface area contributed by atoms with E-state index in [0.29, 0.717) is 0 Å². The summed E-state index contributed by atoms with van der Waals surface area (Å²) in [6, 6.07) is 6.10. The van der Waals surface area contributed by atoms with Gasteiger partial charge in [0.2, 0.25) is 0 Å². The van der Waals surface area contributed by atoms with Crippen LogP contribution in [0.25, 0.3) is 0 Å². The number of aromatic nitrogens is 2. The zero-order valence-electron chi connectivity index (χ0n) is 10.9. The zero-order chi connectivity index (χ0) is 14.0. The Morgan fingerprint density at radius 1 is 1.37 bits per heavy atom. The molecule has 0 fully saturated rings. The second-order valence-corrected chi connectivity index (χ2v) is 5.88. The van der Waals surface area contributed by atoms with Gasteiger partial charge >= 0.3 is 0 Å². The number of nitrogens with one attached hydrogen (secondary N) is 1. The molecule has 0 radical (unpaired) electrons. The van der Waals surface area contributed by atoms with Crippen molar-refractivity contribution in [3.05, 3.63) is 44.6 Å². The van der Waals surface area contributed by atoms with Crippen LogP contribution in [-0.2, 0) is 7.05 Å². The summed E-state index contributed by atoms with van der Waals surface area (Å²) in [7, 11) is 5.49. The highest BCUT2D eigenvalue weighted by atomic mass is 79.9. The molecule has 2 aromatic rings. The van der Waals surface area contributed by atoms with Crippen molar-refractivity contribution in [1.29, 1.82) is 0 Å². The highest BCUT2D eigenvalue weighted by Gasteiger charge is 2.23. The quantitative estimate of drug-likeness (QED) is 0.873. The molecule has 0 aliphatic rings. The maximum absolute atomic E-state index is 5.39. The Balaban J connectivity index is 2.56. The van der Waals surface area contributed by atoms with E-state index in [0.717, 1.165) is 26.0 Å². The average Bonchev–Trinajstić information content (AvgIpc) is 2.76. The monoisotopic (exact) mass is 387 g/mol. The van der Waals surface area contributed by atoms with Crippen molar-refractivity contribution in [2.45, 2.75) is 6.04 Å². The van der Waals surface area contributed by atoms with Gasteiger partial charge in [-0.25, -0.2) is 0 Å². The summed E-state index contributed by atoms with van der Waals surface area (Å²) in [4.78, 5) is 0. The van der Waals surface area contributed by atoms with Gasteiger partial charge in [-0.1, -0.05) is 31.9 Å². The van der Waals surface area contributed by atoms with Gasteiger partial charge in [0.25, 0.3) is 0 Å². The number of methoxy groups -OCH3 is 1. The van der Waals surface area contributed by atoms with Crippen molar-refractivity contribution in [1.82, 2.24) is 15.1 Å². The molecule has 0 spiro atoms. The number of hydrogen-bond acceptors (Lipinski definition) is 3. The van der Waals surface area contributed by atoms with Gasteiger partial charge in [-0.3, -0.25) is 4.68 Å². The second-order valence-electron chi connectivity index (χ2n) is 4.11. The fraction of sp³-hybridized carbons (Fsp3) is 0.308. The van der Waals surface area contributed by atoms with Crippen LogP contribution in [0, 0.1) is 0 Å². The van der Waals surface area contributed by atoms with Crippen molar-refractivity contribution in [2.24, 2.45) is 7.05 Å². The van der Waals surface area contributed by atoms with Crippen LogP contribution in [0.3, 0.4) is 0 Å². The van der Waals surface area contributed by atoms with Gasteiger partial charge in [0.15, 0.2) is 5.75 Å². The summed E-state index contributed by atoms with van der Waals surface area (Å²) < 4.78 is 9.29.